The first-order valence-corrected chi connectivity index (χ1v) is 14.8. The van der Waals surface area contributed by atoms with Gasteiger partial charge >= 0.3 is 5.97 Å². The highest BCUT2D eigenvalue weighted by Crippen LogP contribution is 2.82. The third kappa shape index (κ3) is 3.17. The minimum atomic E-state index is -3.41. The molecule has 0 aromatic rings. The van der Waals surface area contributed by atoms with Crippen molar-refractivity contribution >= 4 is 22.3 Å². The average Bonchev–Trinajstić information content (AvgIpc) is 3.34. The van der Waals surface area contributed by atoms with Gasteiger partial charge in [-0.15, -0.1) is 0 Å². The minimum absolute atomic E-state index is 0.00263. The summed E-state index contributed by atoms with van der Waals surface area (Å²) in [5.41, 5.74) is -2.12. The van der Waals surface area contributed by atoms with Gasteiger partial charge in [-0.25, -0.2) is 8.42 Å². The second-order valence-corrected chi connectivity index (χ2v) is 14.2. The van der Waals surface area contributed by atoms with Crippen LogP contribution in [0.2, 0.25) is 0 Å². The van der Waals surface area contributed by atoms with Crippen LogP contribution in [0.3, 0.4) is 0 Å². The molecule has 0 aromatic carbocycles. The molecule has 1 heterocycles. The van der Waals surface area contributed by atoms with Crippen LogP contribution in [0, 0.1) is 45.8 Å². The van der Waals surface area contributed by atoms with Gasteiger partial charge in [-0.2, -0.15) is 4.31 Å². The SMILES string of the molecule is CC(C)C1=CC2C[C@]3(C=O)C4CC[C@@H](C)C4CC2(CO[C@H]2CN(S(C)(=O)=O)C[C@@H](C)O2)C13C(=O)O. The largest absolute Gasteiger partial charge is 0.481 e. The number of rotatable bonds is 7. The summed E-state index contributed by atoms with van der Waals surface area (Å²) in [6.07, 6.45) is 6.37. The molecule has 0 spiro atoms. The van der Waals surface area contributed by atoms with E-state index >= 15 is 0 Å². The number of aldehydes is 1. The maximum atomic E-state index is 13.5. The summed E-state index contributed by atoms with van der Waals surface area (Å²) >= 11 is 0. The highest BCUT2D eigenvalue weighted by atomic mass is 32.2. The number of carboxylic acid groups (broad SMARTS) is 1. The molecule has 0 aromatic heterocycles. The fraction of sp³-hybridized carbons (Fsp3) is 0.846. The molecule has 1 saturated heterocycles. The van der Waals surface area contributed by atoms with Crippen molar-refractivity contribution in [2.24, 2.45) is 45.8 Å². The fourth-order valence-corrected chi connectivity index (χ4v) is 9.98. The van der Waals surface area contributed by atoms with E-state index < -0.39 is 38.5 Å². The number of fused-ring (bicyclic) bond motifs is 2. The zero-order valence-electron chi connectivity index (χ0n) is 21.4. The Balaban J connectivity index is 1.56. The van der Waals surface area contributed by atoms with Crippen LogP contribution in [0.25, 0.3) is 0 Å². The molecular formula is C26H39NO7S. The smallest absolute Gasteiger partial charge is 0.315 e. The number of hydrogen-bond donors (Lipinski definition) is 1. The predicted molar refractivity (Wildman–Crippen MR) is 129 cm³/mol. The third-order valence-electron chi connectivity index (χ3n) is 10.3. The third-order valence-corrected chi connectivity index (χ3v) is 11.6. The molecule has 5 rings (SSSR count). The standard InChI is InChI=1S/C26H39NO7S/c1-15(2)21-8-18-9-24(13-28)20-7-6-16(3)19(20)10-25(18,26(21,24)23(29)30)14-33-22-12-27(35(5,31)32)11-17(4)34-22/h8,13,15-20,22H,6-7,9-12,14H2,1-5H3,(H,29,30)/t16-,17-,18?,19?,20?,22-,24+,25?,26?/m1/s1. The van der Waals surface area contributed by atoms with Gasteiger partial charge in [0.25, 0.3) is 0 Å². The molecule has 4 aliphatic carbocycles. The van der Waals surface area contributed by atoms with Gasteiger partial charge in [0.1, 0.15) is 11.7 Å². The molecule has 8 nitrogen and oxygen atoms in total. The van der Waals surface area contributed by atoms with E-state index in [1.807, 2.05) is 20.8 Å². The first kappa shape index (κ1) is 25.4. The van der Waals surface area contributed by atoms with Gasteiger partial charge in [0.15, 0.2) is 6.29 Å². The number of nitrogens with zero attached hydrogens (tertiary/aromatic N) is 1. The summed E-state index contributed by atoms with van der Waals surface area (Å²) in [6, 6.07) is 0. The number of carboxylic acids is 1. The summed E-state index contributed by atoms with van der Waals surface area (Å²) in [4.78, 5) is 26.5. The van der Waals surface area contributed by atoms with Crippen LogP contribution in [0.4, 0.5) is 0 Å². The van der Waals surface area contributed by atoms with Crippen LogP contribution < -0.4 is 0 Å². The van der Waals surface area contributed by atoms with Gasteiger partial charge < -0.3 is 19.4 Å². The van der Waals surface area contributed by atoms with Gasteiger partial charge in [-0.05, 0) is 55.8 Å². The second-order valence-electron chi connectivity index (χ2n) is 12.3. The van der Waals surface area contributed by atoms with Gasteiger partial charge in [0, 0.05) is 12.0 Å². The Kier molecular flexibility index (Phi) is 5.87. The van der Waals surface area contributed by atoms with Gasteiger partial charge in [0.05, 0.1) is 30.9 Å². The summed E-state index contributed by atoms with van der Waals surface area (Å²) in [7, 11) is -3.41. The van der Waals surface area contributed by atoms with Crippen molar-refractivity contribution in [1.29, 1.82) is 0 Å². The average molecular weight is 510 g/mol. The first-order valence-electron chi connectivity index (χ1n) is 13.0. The van der Waals surface area contributed by atoms with Gasteiger partial charge in [-0.3, -0.25) is 4.79 Å². The van der Waals surface area contributed by atoms with Gasteiger partial charge in [0.2, 0.25) is 10.0 Å². The van der Waals surface area contributed by atoms with Crippen molar-refractivity contribution in [1.82, 2.24) is 4.31 Å². The van der Waals surface area contributed by atoms with Crippen molar-refractivity contribution in [3.05, 3.63) is 11.6 Å². The van der Waals surface area contributed by atoms with Gasteiger partial charge in [-0.1, -0.05) is 38.8 Å². The first-order chi connectivity index (χ1) is 16.3. The van der Waals surface area contributed by atoms with Crippen molar-refractivity contribution in [2.45, 2.75) is 65.8 Å². The molecular weight excluding hydrogens is 470 g/mol. The van der Waals surface area contributed by atoms with Crippen LogP contribution in [-0.4, -0.2) is 68.4 Å². The Hall–Kier alpha value is -1.29. The molecule has 9 heteroatoms. The van der Waals surface area contributed by atoms with Crippen LogP contribution in [-0.2, 0) is 29.1 Å². The van der Waals surface area contributed by atoms with Crippen molar-refractivity contribution in [2.75, 3.05) is 26.0 Å². The lowest BCUT2D eigenvalue weighted by Gasteiger charge is -2.58. The summed E-state index contributed by atoms with van der Waals surface area (Å²) in [5.74, 6) is -0.209. The minimum Gasteiger partial charge on any atom is -0.481 e. The number of carbonyl (C=O) groups is 2. The molecule has 4 bridgehead atoms. The maximum Gasteiger partial charge on any atom is 0.315 e. The Morgan fingerprint density at radius 2 is 2.00 bits per heavy atom. The molecule has 0 radical (unpaired) electrons. The lowest BCUT2D eigenvalue weighted by molar-refractivity contribution is -0.229. The molecule has 3 saturated carbocycles. The number of ether oxygens (including phenoxy) is 2. The highest BCUT2D eigenvalue weighted by molar-refractivity contribution is 7.88. The van der Waals surface area contributed by atoms with Crippen LogP contribution in [0.1, 0.15) is 53.4 Å². The van der Waals surface area contributed by atoms with E-state index in [-0.39, 0.29) is 49.5 Å². The zero-order valence-corrected chi connectivity index (χ0v) is 22.2. The number of aliphatic carboxylic acids is 1. The number of sulfonamides is 1. The Labute approximate surface area is 208 Å². The lowest BCUT2D eigenvalue weighted by Crippen LogP contribution is -2.64. The van der Waals surface area contributed by atoms with E-state index in [2.05, 4.69) is 13.0 Å². The summed E-state index contributed by atoms with van der Waals surface area (Å²) in [5, 5.41) is 11.0. The molecule has 4 fully saturated rings. The van der Waals surface area contributed by atoms with E-state index in [1.165, 1.54) is 10.6 Å². The van der Waals surface area contributed by atoms with Crippen LogP contribution in [0.5, 0.6) is 0 Å². The summed E-state index contributed by atoms with van der Waals surface area (Å²) < 4.78 is 38.1. The quantitative estimate of drug-likeness (QED) is 0.415. The monoisotopic (exact) mass is 509 g/mol. The molecule has 5 aliphatic rings. The lowest BCUT2D eigenvalue weighted by atomic mass is 9.43. The van der Waals surface area contributed by atoms with E-state index in [4.69, 9.17) is 9.47 Å². The number of hydrogen-bond acceptors (Lipinski definition) is 6. The predicted octanol–water partition coefficient (Wildman–Crippen LogP) is 2.93. The van der Waals surface area contributed by atoms with E-state index in [0.717, 1.165) is 24.7 Å². The molecule has 1 N–H and O–H groups in total. The zero-order chi connectivity index (χ0) is 25.6. The Bertz CT molecular complexity index is 1060. The fourth-order valence-electron chi connectivity index (χ4n) is 9.11. The molecule has 196 valence electrons. The summed E-state index contributed by atoms with van der Waals surface area (Å²) in [6.45, 7) is 8.55. The molecule has 9 atom stereocenters. The molecule has 1 aliphatic heterocycles. The van der Waals surface area contributed by atoms with Crippen molar-refractivity contribution in [3.63, 3.8) is 0 Å². The van der Waals surface area contributed by atoms with Crippen molar-refractivity contribution < 1.29 is 32.6 Å². The molecule has 5 unspecified atom stereocenters. The second kappa shape index (κ2) is 8.10. The van der Waals surface area contributed by atoms with E-state index in [1.54, 1.807) is 0 Å². The highest BCUT2D eigenvalue weighted by Gasteiger charge is 2.84. The normalized spacial score (nSPS) is 47.1. The number of morpholine rings is 1. The Morgan fingerprint density at radius 3 is 2.60 bits per heavy atom. The van der Waals surface area contributed by atoms with E-state index in [0.29, 0.717) is 18.8 Å². The van der Waals surface area contributed by atoms with Crippen molar-refractivity contribution in [3.8, 4) is 0 Å². The number of allylic oxidation sites excluding steroid dienone is 1. The number of carbonyl (C=O) groups excluding carboxylic acids is 1. The Morgan fingerprint density at radius 1 is 1.29 bits per heavy atom. The van der Waals surface area contributed by atoms with Crippen LogP contribution in [0.15, 0.2) is 11.6 Å². The molecule has 35 heavy (non-hydrogen) atoms. The maximum absolute atomic E-state index is 13.5. The van der Waals surface area contributed by atoms with Crippen LogP contribution >= 0.6 is 0 Å². The molecule has 0 amide bonds. The van der Waals surface area contributed by atoms with E-state index in [9.17, 15) is 23.1 Å². The topological polar surface area (TPSA) is 110 Å².